The Balaban J connectivity index is 1.52. The number of carbonyl (C=O) groups excluding carboxylic acids is 1. The molecule has 1 aliphatic heterocycles. The van der Waals surface area contributed by atoms with Crippen LogP contribution in [0, 0.1) is 0 Å². The van der Waals surface area contributed by atoms with Crippen molar-refractivity contribution >= 4 is 11.9 Å². The van der Waals surface area contributed by atoms with Gasteiger partial charge in [-0.15, -0.1) is 0 Å². The third-order valence-electron chi connectivity index (χ3n) is 6.61. The Bertz CT molecular complexity index is 1050. The Morgan fingerprint density at radius 3 is 1.88 bits per heavy atom. The number of amides is 1. The molecule has 1 fully saturated rings. The van der Waals surface area contributed by atoms with Gasteiger partial charge in [0.15, 0.2) is 0 Å². The quantitative estimate of drug-likeness (QED) is 0.553. The van der Waals surface area contributed by atoms with E-state index in [1.54, 1.807) is 0 Å². The van der Waals surface area contributed by atoms with Gasteiger partial charge in [0.1, 0.15) is 6.04 Å². The lowest BCUT2D eigenvalue weighted by Crippen LogP contribution is -2.55. The summed E-state index contributed by atoms with van der Waals surface area (Å²) in [5.74, 6) is -1.21. The molecule has 0 spiro atoms. The third-order valence-corrected chi connectivity index (χ3v) is 6.61. The van der Waals surface area contributed by atoms with Crippen molar-refractivity contribution in [2.45, 2.75) is 37.3 Å². The standard InChI is InChI=1S/C28H30N2O3/c31-26(32)25(20-22-10-4-1-5-11-22)29-27(33)28(24-14-8-3-9-15-24)16-18-30(19-17-28)21-23-12-6-2-7-13-23/h1-15,25H,16-21H2,(H,29,33)(H,31,32)/t25-/m0/s1. The van der Waals surface area contributed by atoms with Gasteiger partial charge in [0.2, 0.25) is 5.91 Å². The number of likely N-dealkylation sites (tertiary alicyclic amines) is 1. The molecule has 1 amide bonds. The Hall–Kier alpha value is -3.44. The number of carboxylic acids is 1. The van der Waals surface area contributed by atoms with Gasteiger partial charge >= 0.3 is 5.97 Å². The van der Waals surface area contributed by atoms with Gasteiger partial charge in [-0.25, -0.2) is 4.79 Å². The molecule has 4 rings (SSSR count). The number of rotatable bonds is 8. The summed E-state index contributed by atoms with van der Waals surface area (Å²) in [6.45, 7) is 2.39. The number of carbonyl (C=O) groups is 2. The first kappa shape index (κ1) is 22.7. The number of hydrogen-bond donors (Lipinski definition) is 2. The largest absolute Gasteiger partial charge is 0.480 e. The SMILES string of the molecule is O=C(O)[C@H](Cc1ccccc1)NC(=O)C1(c2ccccc2)CCN(Cc2ccccc2)CC1. The lowest BCUT2D eigenvalue weighted by atomic mass is 9.71. The van der Waals surface area contributed by atoms with Crippen LogP contribution in [0.15, 0.2) is 91.0 Å². The zero-order valence-corrected chi connectivity index (χ0v) is 18.7. The topological polar surface area (TPSA) is 69.6 Å². The fraction of sp³-hybridized carbons (Fsp3) is 0.286. The zero-order chi connectivity index (χ0) is 23.1. The second kappa shape index (κ2) is 10.5. The summed E-state index contributed by atoms with van der Waals surface area (Å²) in [6, 6.07) is 28.6. The van der Waals surface area contributed by atoms with Gasteiger partial charge in [0, 0.05) is 13.0 Å². The van der Waals surface area contributed by atoms with Crippen LogP contribution in [0.4, 0.5) is 0 Å². The Morgan fingerprint density at radius 1 is 0.818 bits per heavy atom. The molecule has 5 heteroatoms. The van der Waals surface area contributed by atoms with Gasteiger partial charge < -0.3 is 10.4 Å². The highest BCUT2D eigenvalue weighted by Crippen LogP contribution is 2.36. The van der Waals surface area contributed by atoms with E-state index in [0.717, 1.165) is 30.8 Å². The fourth-order valence-electron chi connectivity index (χ4n) is 4.68. The molecule has 0 aliphatic carbocycles. The molecule has 5 nitrogen and oxygen atoms in total. The number of nitrogens with zero attached hydrogens (tertiary/aromatic N) is 1. The number of nitrogens with one attached hydrogen (secondary N) is 1. The van der Waals surface area contributed by atoms with E-state index in [0.29, 0.717) is 12.8 Å². The minimum Gasteiger partial charge on any atom is -0.480 e. The molecule has 33 heavy (non-hydrogen) atoms. The van der Waals surface area contributed by atoms with Gasteiger partial charge in [-0.3, -0.25) is 9.69 Å². The average Bonchev–Trinajstić information content (AvgIpc) is 2.86. The first-order valence-electron chi connectivity index (χ1n) is 11.5. The second-order valence-electron chi connectivity index (χ2n) is 8.76. The van der Waals surface area contributed by atoms with Gasteiger partial charge in [0.05, 0.1) is 5.41 Å². The Morgan fingerprint density at radius 2 is 1.33 bits per heavy atom. The monoisotopic (exact) mass is 442 g/mol. The van der Waals surface area contributed by atoms with Crippen molar-refractivity contribution in [1.29, 1.82) is 0 Å². The Kier molecular flexibility index (Phi) is 7.20. The molecule has 170 valence electrons. The highest BCUT2D eigenvalue weighted by molar-refractivity contribution is 5.91. The summed E-state index contributed by atoms with van der Waals surface area (Å²) in [5, 5.41) is 12.7. The molecule has 0 unspecified atom stereocenters. The van der Waals surface area contributed by atoms with Crippen LogP contribution in [-0.2, 0) is 28.0 Å². The second-order valence-corrected chi connectivity index (χ2v) is 8.76. The zero-order valence-electron chi connectivity index (χ0n) is 18.7. The number of piperidine rings is 1. The van der Waals surface area contributed by atoms with E-state index in [-0.39, 0.29) is 12.3 Å². The highest BCUT2D eigenvalue weighted by atomic mass is 16.4. The number of benzene rings is 3. The summed E-state index contributed by atoms with van der Waals surface area (Å²) in [5.41, 5.74) is 2.35. The van der Waals surface area contributed by atoms with Crippen molar-refractivity contribution < 1.29 is 14.7 Å². The van der Waals surface area contributed by atoms with Gasteiger partial charge in [0.25, 0.3) is 0 Å². The van der Waals surface area contributed by atoms with Crippen molar-refractivity contribution in [2.75, 3.05) is 13.1 Å². The molecule has 2 N–H and O–H groups in total. The van der Waals surface area contributed by atoms with Crippen molar-refractivity contribution in [1.82, 2.24) is 10.2 Å². The van der Waals surface area contributed by atoms with Crippen LogP contribution in [0.2, 0.25) is 0 Å². The van der Waals surface area contributed by atoms with Crippen LogP contribution >= 0.6 is 0 Å². The lowest BCUT2D eigenvalue weighted by molar-refractivity contribution is -0.143. The van der Waals surface area contributed by atoms with Crippen LogP contribution in [-0.4, -0.2) is 41.0 Å². The normalized spacial score (nSPS) is 16.6. The molecule has 3 aromatic rings. The van der Waals surface area contributed by atoms with Crippen molar-refractivity contribution in [3.05, 3.63) is 108 Å². The molecule has 1 saturated heterocycles. The van der Waals surface area contributed by atoms with E-state index in [1.165, 1.54) is 5.56 Å². The first-order valence-corrected chi connectivity index (χ1v) is 11.5. The smallest absolute Gasteiger partial charge is 0.326 e. The number of hydrogen-bond acceptors (Lipinski definition) is 3. The number of aliphatic carboxylic acids is 1. The molecule has 1 heterocycles. The highest BCUT2D eigenvalue weighted by Gasteiger charge is 2.44. The van der Waals surface area contributed by atoms with Crippen LogP contribution in [0.5, 0.6) is 0 Å². The lowest BCUT2D eigenvalue weighted by Gasteiger charge is -2.41. The molecular weight excluding hydrogens is 412 g/mol. The van der Waals surface area contributed by atoms with E-state index in [4.69, 9.17) is 0 Å². The predicted molar refractivity (Wildman–Crippen MR) is 129 cm³/mol. The van der Waals surface area contributed by atoms with E-state index < -0.39 is 17.4 Å². The molecule has 1 atom stereocenters. The molecule has 0 bridgehead atoms. The molecule has 0 radical (unpaired) electrons. The minimum absolute atomic E-state index is 0.198. The van der Waals surface area contributed by atoms with E-state index >= 15 is 0 Å². The molecular formula is C28H30N2O3. The van der Waals surface area contributed by atoms with Gasteiger partial charge in [-0.1, -0.05) is 91.0 Å². The van der Waals surface area contributed by atoms with E-state index in [2.05, 4.69) is 22.3 Å². The maximum atomic E-state index is 13.7. The molecule has 3 aromatic carbocycles. The van der Waals surface area contributed by atoms with Crippen LogP contribution in [0.1, 0.15) is 29.5 Å². The summed E-state index contributed by atoms with van der Waals surface area (Å²) in [4.78, 5) is 28.1. The molecule has 0 saturated carbocycles. The maximum absolute atomic E-state index is 13.7. The summed E-state index contributed by atoms with van der Waals surface area (Å²) < 4.78 is 0. The van der Waals surface area contributed by atoms with E-state index in [1.807, 2.05) is 78.9 Å². The average molecular weight is 443 g/mol. The summed E-state index contributed by atoms with van der Waals surface area (Å²) >= 11 is 0. The number of carboxylic acid groups (broad SMARTS) is 1. The van der Waals surface area contributed by atoms with Crippen LogP contribution in [0.3, 0.4) is 0 Å². The Labute approximate surface area is 195 Å². The maximum Gasteiger partial charge on any atom is 0.326 e. The first-order chi connectivity index (χ1) is 16.1. The summed E-state index contributed by atoms with van der Waals surface area (Å²) in [6.07, 6.45) is 1.55. The van der Waals surface area contributed by atoms with E-state index in [9.17, 15) is 14.7 Å². The van der Waals surface area contributed by atoms with Crippen LogP contribution in [0.25, 0.3) is 0 Å². The summed E-state index contributed by atoms with van der Waals surface area (Å²) in [7, 11) is 0. The van der Waals surface area contributed by atoms with Crippen LogP contribution < -0.4 is 5.32 Å². The molecule has 1 aliphatic rings. The van der Waals surface area contributed by atoms with Crippen molar-refractivity contribution in [3.8, 4) is 0 Å². The fourth-order valence-corrected chi connectivity index (χ4v) is 4.68. The predicted octanol–water partition coefficient (Wildman–Crippen LogP) is 4.03. The minimum atomic E-state index is -1.02. The van der Waals surface area contributed by atoms with Crippen molar-refractivity contribution in [3.63, 3.8) is 0 Å². The molecule has 0 aromatic heterocycles. The van der Waals surface area contributed by atoms with Gasteiger partial charge in [-0.05, 0) is 42.6 Å². The van der Waals surface area contributed by atoms with Gasteiger partial charge in [-0.2, -0.15) is 0 Å². The van der Waals surface area contributed by atoms with Crippen molar-refractivity contribution in [2.24, 2.45) is 0 Å². The third kappa shape index (κ3) is 5.49.